The number of carbonyl (C=O) groups is 1. The summed E-state index contributed by atoms with van der Waals surface area (Å²) in [5.74, 6) is 0.484. The van der Waals surface area contributed by atoms with Crippen molar-refractivity contribution in [3.63, 3.8) is 0 Å². The quantitative estimate of drug-likeness (QED) is 0.534. The molecule has 0 radical (unpaired) electrons. The summed E-state index contributed by atoms with van der Waals surface area (Å²) in [6.07, 6.45) is 1.67. The fourth-order valence-corrected chi connectivity index (χ4v) is 2.25. The standard InChI is InChI=1S/C16H12N2O4/c1-22-12-6-7-14-13(9-12)16(19)15(17-14)8-10-2-4-11(5-3-10)18(20)21/h2-9,17H,1H3. The van der Waals surface area contributed by atoms with E-state index in [9.17, 15) is 14.9 Å². The lowest BCUT2D eigenvalue weighted by Gasteiger charge is -2.01. The SMILES string of the molecule is COc1ccc2c(c1)C(=O)C(=Cc1ccc([N+](=O)[O-])cc1)N2. The maximum absolute atomic E-state index is 12.3. The van der Waals surface area contributed by atoms with Crippen molar-refractivity contribution in [2.75, 3.05) is 12.4 Å². The predicted molar refractivity (Wildman–Crippen MR) is 82.0 cm³/mol. The normalized spacial score (nSPS) is 14.6. The predicted octanol–water partition coefficient (Wildman–Crippen LogP) is 3.25. The first-order valence-electron chi connectivity index (χ1n) is 6.54. The fourth-order valence-electron chi connectivity index (χ4n) is 2.25. The van der Waals surface area contributed by atoms with E-state index in [1.54, 1.807) is 43.5 Å². The van der Waals surface area contributed by atoms with E-state index >= 15 is 0 Å². The zero-order valence-electron chi connectivity index (χ0n) is 11.7. The molecule has 1 heterocycles. The Balaban J connectivity index is 1.90. The average molecular weight is 296 g/mol. The summed E-state index contributed by atoms with van der Waals surface area (Å²) in [6, 6.07) is 11.2. The number of rotatable bonds is 3. The van der Waals surface area contributed by atoms with Gasteiger partial charge in [0.05, 0.1) is 29.0 Å². The highest BCUT2D eigenvalue weighted by molar-refractivity contribution is 6.20. The molecular formula is C16H12N2O4. The summed E-state index contributed by atoms with van der Waals surface area (Å²) < 4.78 is 5.11. The summed E-state index contributed by atoms with van der Waals surface area (Å²) in [7, 11) is 1.54. The van der Waals surface area contributed by atoms with Crippen molar-refractivity contribution in [1.82, 2.24) is 0 Å². The van der Waals surface area contributed by atoms with Crippen LogP contribution in [0.4, 0.5) is 11.4 Å². The minimum Gasteiger partial charge on any atom is -0.497 e. The maximum Gasteiger partial charge on any atom is 0.269 e. The van der Waals surface area contributed by atoms with E-state index in [1.165, 1.54) is 12.1 Å². The van der Waals surface area contributed by atoms with E-state index in [-0.39, 0.29) is 11.5 Å². The molecule has 0 saturated heterocycles. The van der Waals surface area contributed by atoms with Crippen LogP contribution in [0.25, 0.3) is 6.08 Å². The lowest BCUT2D eigenvalue weighted by atomic mass is 10.1. The second kappa shape index (κ2) is 5.33. The highest BCUT2D eigenvalue weighted by Crippen LogP contribution is 2.32. The van der Waals surface area contributed by atoms with Crippen molar-refractivity contribution in [3.05, 3.63) is 69.4 Å². The van der Waals surface area contributed by atoms with Gasteiger partial charge in [0.2, 0.25) is 5.78 Å². The van der Waals surface area contributed by atoms with Crippen molar-refractivity contribution < 1.29 is 14.5 Å². The van der Waals surface area contributed by atoms with Crippen LogP contribution < -0.4 is 10.1 Å². The van der Waals surface area contributed by atoms with Gasteiger partial charge in [-0.05, 0) is 42.0 Å². The molecule has 6 heteroatoms. The molecule has 0 unspecified atom stereocenters. The third-order valence-corrected chi connectivity index (χ3v) is 3.40. The van der Waals surface area contributed by atoms with Gasteiger partial charge in [-0.1, -0.05) is 0 Å². The van der Waals surface area contributed by atoms with Crippen LogP contribution in [-0.2, 0) is 0 Å². The number of nitrogens with zero attached hydrogens (tertiary/aromatic N) is 1. The Labute approximate surface area is 126 Å². The van der Waals surface area contributed by atoms with E-state index in [2.05, 4.69) is 5.32 Å². The molecule has 1 aliphatic heterocycles. The zero-order valence-corrected chi connectivity index (χ0v) is 11.7. The van der Waals surface area contributed by atoms with E-state index < -0.39 is 4.92 Å². The zero-order chi connectivity index (χ0) is 15.7. The highest BCUT2D eigenvalue weighted by atomic mass is 16.6. The Morgan fingerprint density at radius 3 is 2.55 bits per heavy atom. The molecule has 0 amide bonds. The van der Waals surface area contributed by atoms with Crippen LogP contribution in [0.5, 0.6) is 5.75 Å². The Kier molecular flexibility index (Phi) is 3.34. The summed E-state index contributed by atoms with van der Waals surface area (Å²) in [5, 5.41) is 13.7. The first-order chi connectivity index (χ1) is 10.6. The van der Waals surface area contributed by atoms with Gasteiger partial charge < -0.3 is 10.1 Å². The van der Waals surface area contributed by atoms with Gasteiger partial charge in [-0.15, -0.1) is 0 Å². The van der Waals surface area contributed by atoms with Crippen LogP contribution >= 0.6 is 0 Å². The smallest absolute Gasteiger partial charge is 0.269 e. The van der Waals surface area contributed by atoms with Gasteiger partial charge in [0.15, 0.2) is 0 Å². The van der Waals surface area contributed by atoms with Crippen molar-refractivity contribution in [1.29, 1.82) is 0 Å². The number of nitrogens with one attached hydrogen (secondary N) is 1. The molecule has 1 N–H and O–H groups in total. The third-order valence-electron chi connectivity index (χ3n) is 3.40. The molecule has 0 atom stereocenters. The monoisotopic (exact) mass is 296 g/mol. The number of non-ortho nitro benzene ring substituents is 1. The molecule has 6 nitrogen and oxygen atoms in total. The number of allylic oxidation sites excluding steroid dienone is 1. The Bertz CT molecular complexity index is 794. The number of Topliss-reactive ketones (excluding diaryl/α,β-unsaturated/α-hetero) is 1. The van der Waals surface area contributed by atoms with E-state index in [0.29, 0.717) is 22.6 Å². The molecule has 0 bridgehead atoms. The van der Waals surface area contributed by atoms with Crippen molar-refractivity contribution in [2.24, 2.45) is 0 Å². The van der Waals surface area contributed by atoms with Gasteiger partial charge in [-0.25, -0.2) is 0 Å². The molecule has 1 aliphatic rings. The number of nitro benzene ring substituents is 1. The molecule has 0 fully saturated rings. The van der Waals surface area contributed by atoms with Crippen molar-refractivity contribution in [2.45, 2.75) is 0 Å². The second-order valence-corrected chi connectivity index (χ2v) is 4.77. The van der Waals surface area contributed by atoms with Crippen LogP contribution in [0, 0.1) is 10.1 Å². The summed E-state index contributed by atoms with van der Waals surface area (Å²) >= 11 is 0. The Morgan fingerprint density at radius 2 is 1.91 bits per heavy atom. The topological polar surface area (TPSA) is 81.5 Å². The molecule has 0 aromatic heterocycles. The molecule has 0 aliphatic carbocycles. The first-order valence-corrected chi connectivity index (χ1v) is 6.54. The van der Waals surface area contributed by atoms with Crippen LogP contribution in [0.1, 0.15) is 15.9 Å². The number of hydrogen-bond donors (Lipinski definition) is 1. The average Bonchev–Trinajstić information content (AvgIpc) is 2.83. The number of methoxy groups -OCH3 is 1. The number of ketones is 1. The van der Waals surface area contributed by atoms with Gasteiger partial charge in [-0.2, -0.15) is 0 Å². The number of benzene rings is 2. The molecule has 2 aromatic carbocycles. The summed E-state index contributed by atoms with van der Waals surface area (Å²) in [5.41, 5.74) is 2.42. The number of nitro groups is 1. The van der Waals surface area contributed by atoms with E-state index in [1.807, 2.05) is 0 Å². The minimum atomic E-state index is -0.460. The molecule has 110 valence electrons. The van der Waals surface area contributed by atoms with E-state index in [4.69, 9.17) is 4.74 Å². The highest BCUT2D eigenvalue weighted by Gasteiger charge is 2.24. The van der Waals surface area contributed by atoms with Crippen molar-refractivity contribution >= 4 is 23.2 Å². The lowest BCUT2D eigenvalue weighted by Crippen LogP contribution is -1.99. The Morgan fingerprint density at radius 1 is 1.18 bits per heavy atom. The van der Waals surface area contributed by atoms with E-state index in [0.717, 1.165) is 5.69 Å². The lowest BCUT2D eigenvalue weighted by molar-refractivity contribution is -0.384. The fraction of sp³-hybridized carbons (Fsp3) is 0.0625. The van der Waals surface area contributed by atoms with Gasteiger partial charge in [-0.3, -0.25) is 14.9 Å². The van der Waals surface area contributed by atoms with Gasteiger partial charge in [0, 0.05) is 12.1 Å². The van der Waals surface area contributed by atoms with Gasteiger partial charge >= 0.3 is 0 Å². The summed E-state index contributed by atoms with van der Waals surface area (Å²) in [6.45, 7) is 0. The van der Waals surface area contributed by atoms with Gasteiger partial charge in [0.1, 0.15) is 5.75 Å². The third kappa shape index (κ3) is 2.42. The van der Waals surface area contributed by atoms with Crippen LogP contribution in [0.15, 0.2) is 48.2 Å². The Hall–Kier alpha value is -3.15. The number of hydrogen-bond acceptors (Lipinski definition) is 5. The van der Waals surface area contributed by atoms with Gasteiger partial charge in [0.25, 0.3) is 5.69 Å². The van der Waals surface area contributed by atoms with Crippen LogP contribution in [0.2, 0.25) is 0 Å². The molecular weight excluding hydrogens is 284 g/mol. The molecule has 0 saturated carbocycles. The minimum absolute atomic E-state index is 0.0147. The largest absolute Gasteiger partial charge is 0.497 e. The number of anilines is 1. The number of carbonyl (C=O) groups excluding carboxylic acids is 1. The van der Waals surface area contributed by atoms with Crippen molar-refractivity contribution in [3.8, 4) is 5.75 Å². The molecule has 2 aromatic rings. The summed E-state index contributed by atoms with van der Waals surface area (Å²) in [4.78, 5) is 22.5. The molecule has 0 spiro atoms. The van der Waals surface area contributed by atoms with Crippen LogP contribution in [-0.4, -0.2) is 17.8 Å². The molecule has 22 heavy (non-hydrogen) atoms. The number of fused-ring (bicyclic) bond motifs is 1. The molecule has 3 rings (SSSR count). The first kappa shape index (κ1) is 13.8. The number of ether oxygens (including phenoxy) is 1. The van der Waals surface area contributed by atoms with Crippen LogP contribution in [0.3, 0.4) is 0 Å². The second-order valence-electron chi connectivity index (χ2n) is 4.77. The maximum atomic E-state index is 12.3.